The van der Waals surface area contributed by atoms with Crippen LogP contribution < -0.4 is 5.32 Å². The Balaban J connectivity index is 1.68. The molecule has 3 rings (SSSR count). The van der Waals surface area contributed by atoms with Crippen LogP contribution in [0.3, 0.4) is 0 Å². The Bertz CT molecular complexity index is 669. The van der Waals surface area contributed by atoms with E-state index in [9.17, 15) is 9.90 Å². The van der Waals surface area contributed by atoms with E-state index in [2.05, 4.69) is 28.7 Å². The van der Waals surface area contributed by atoms with Gasteiger partial charge >= 0.3 is 6.03 Å². The number of nitrogens with one attached hydrogen (secondary N) is 1. The van der Waals surface area contributed by atoms with Crippen molar-refractivity contribution >= 4 is 33.8 Å². The number of anilines is 1. The van der Waals surface area contributed by atoms with Gasteiger partial charge in [0.05, 0.1) is 5.69 Å². The summed E-state index contributed by atoms with van der Waals surface area (Å²) in [7, 11) is 0. The summed E-state index contributed by atoms with van der Waals surface area (Å²) in [6.07, 6.45) is 0.870. The highest BCUT2D eigenvalue weighted by Gasteiger charge is 2.36. The van der Waals surface area contributed by atoms with Gasteiger partial charge in [0, 0.05) is 36.4 Å². The van der Waals surface area contributed by atoms with Crippen LogP contribution in [0, 0.1) is 12.8 Å². The van der Waals surface area contributed by atoms with Gasteiger partial charge < -0.3 is 10.0 Å². The molecule has 2 aromatic heterocycles. The lowest BCUT2D eigenvalue weighted by molar-refractivity contribution is 0.207. The van der Waals surface area contributed by atoms with Crippen LogP contribution in [-0.4, -0.2) is 40.7 Å². The van der Waals surface area contributed by atoms with E-state index in [4.69, 9.17) is 0 Å². The standard InChI is InChI=1S/C16H21N3O2S2/c1-3-14-10(2)23-15(17-14)18-16(21)19-6-12(8-20)13(7-19)11-4-5-22-9-11/h4-5,9,12-13,20H,3,6-8H2,1-2H3,(H,17,18,21)/t12-,13-/m0/s1. The topological polar surface area (TPSA) is 65.5 Å². The Morgan fingerprint density at radius 1 is 1.52 bits per heavy atom. The molecular formula is C16H21N3O2S2. The zero-order valence-corrected chi connectivity index (χ0v) is 14.9. The second-order valence-corrected chi connectivity index (χ2v) is 7.80. The smallest absolute Gasteiger partial charge is 0.323 e. The van der Waals surface area contributed by atoms with Crippen molar-refractivity contribution in [2.75, 3.05) is 25.0 Å². The second kappa shape index (κ2) is 6.98. The highest BCUT2D eigenvalue weighted by Crippen LogP contribution is 2.34. The maximum absolute atomic E-state index is 12.5. The highest BCUT2D eigenvalue weighted by molar-refractivity contribution is 7.15. The fourth-order valence-corrected chi connectivity index (χ4v) is 4.68. The van der Waals surface area contributed by atoms with Gasteiger partial charge in [-0.05, 0) is 35.7 Å². The monoisotopic (exact) mass is 351 g/mol. The van der Waals surface area contributed by atoms with Crippen LogP contribution in [0.15, 0.2) is 16.8 Å². The molecule has 1 saturated heterocycles. The average molecular weight is 351 g/mol. The fraction of sp³-hybridized carbons (Fsp3) is 0.500. The van der Waals surface area contributed by atoms with E-state index in [0.29, 0.717) is 18.2 Å². The van der Waals surface area contributed by atoms with Crippen molar-refractivity contribution in [2.24, 2.45) is 5.92 Å². The SMILES string of the molecule is CCc1nc(NC(=O)N2C[C@@H](CO)[C@H](c3ccsc3)C2)sc1C. The normalized spacial score (nSPS) is 20.9. The second-order valence-electron chi connectivity index (χ2n) is 5.82. The lowest BCUT2D eigenvalue weighted by Crippen LogP contribution is -2.33. The van der Waals surface area contributed by atoms with Gasteiger partial charge in [-0.1, -0.05) is 6.92 Å². The summed E-state index contributed by atoms with van der Waals surface area (Å²) >= 11 is 3.16. The lowest BCUT2D eigenvalue weighted by Gasteiger charge is -2.16. The number of amides is 2. The number of aryl methyl sites for hydroxylation is 2. The van der Waals surface area contributed by atoms with Crippen LogP contribution in [0.1, 0.15) is 29.0 Å². The van der Waals surface area contributed by atoms with Crippen LogP contribution in [0.25, 0.3) is 0 Å². The molecule has 3 heterocycles. The van der Waals surface area contributed by atoms with Crippen molar-refractivity contribution in [2.45, 2.75) is 26.2 Å². The van der Waals surface area contributed by atoms with Crippen molar-refractivity contribution in [3.8, 4) is 0 Å². The van der Waals surface area contributed by atoms with Gasteiger partial charge in [0.15, 0.2) is 5.13 Å². The largest absolute Gasteiger partial charge is 0.396 e. The summed E-state index contributed by atoms with van der Waals surface area (Å²) in [5, 5.41) is 17.3. The summed E-state index contributed by atoms with van der Waals surface area (Å²) in [5.41, 5.74) is 2.25. The number of aliphatic hydroxyl groups excluding tert-OH is 1. The number of rotatable bonds is 4. The summed E-state index contributed by atoms with van der Waals surface area (Å²) in [5.74, 6) is 0.306. The van der Waals surface area contributed by atoms with Gasteiger partial charge in [-0.15, -0.1) is 11.3 Å². The van der Waals surface area contributed by atoms with E-state index in [-0.39, 0.29) is 24.5 Å². The van der Waals surface area contributed by atoms with Crippen molar-refractivity contribution in [1.82, 2.24) is 9.88 Å². The van der Waals surface area contributed by atoms with Gasteiger partial charge in [-0.3, -0.25) is 5.32 Å². The molecule has 0 radical (unpaired) electrons. The number of thiophene rings is 1. The molecule has 2 N–H and O–H groups in total. The van der Waals surface area contributed by atoms with Gasteiger partial charge in [0.25, 0.3) is 0 Å². The minimum atomic E-state index is -0.127. The number of hydrogen-bond donors (Lipinski definition) is 2. The third-order valence-corrected chi connectivity index (χ3v) is 6.01. The molecule has 0 spiro atoms. The Labute approximate surface area is 144 Å². The third kappa shape index (κ3) is 3.41. The lowest BCUT2D eigenvalue weighted by atomic mass is 9.92. The van der Waals surface area contributed by atoms with E-state index in [0.717, 1.165) is 17.0 Å². The number of carbonyl (C=O) groups excluding carboxylic acids is 1. The van der Waals surface area contributed by atoms with Crippen molar-refractivity contribution < 1.29 is 9.90 Å². The van der Waals surface area contributed by atoms with Gasteiger partial charge in [0.1, 0.15) is 0 Å². The van der Waals surface area contributed by atoms with Gasteiger partial charge in [0.2, 0.25) is 0 Å². The van der Waals surface area contributed by atoms with Crippen LogP contribution in [0.4, 0.5) is 9.93 Å². The molecular weight excluding hydrogens is 330 g/mol. The van der Waals surface area contributed by atoms with Crippen LogP contribution >= 0.6 is 22.7 Å². The first-order valence-corrected chi connectivity index (χ1v) is 9.53. The quantitative estimate of drug-likeness (QED) is 0.888. The maximum Gasteiger partial charge on any atom is 0.323 e. The first-order valence-electron chi connectivity index (χ1n) is 7.77. The van der Waals surface area contributed by atoms with E-state index in [1.807, 2.05) is 12.3 Å². The first-order chi connectivity index (χ1) is 11.1. The van der Waals surface area contributed by atoms with Gasteiger partial charge in [-0.25, -0.2) is 9.78 Å². The summed E-state index contributed by atoms with van der Waals surface area (Å²) in [4.78, 5) is 19.9. The van der Waals surface area contributed by atoms with E-state index < -0.39 is 0 Å². The summed E-state index contributed by atoms with van der Waals surface area (Å²) in [6, 6.07) is 1.95. The number of likely N-dealkylation sites (tertiary alicyclic amines) is 1. The Morgan fingerprint density at radius 3 is 2.96 bits per heavy atom. The van der Waals surface area contributed by atoms with Crippen molar-refractivity contribution in [1.29, 1.82) is 0 Å². The minimum Gasteiger partial charge on any atom is -0.396 e. The third-order valence-electron chi connectivity index (χ3n) is 4.38. The molecule has 2 atom stereocenters. The molecule has 0 bridgehead atoms. The molecule has 0 saturated carbocycles. The number of carbonyl (C=O) groups is 1. The molecule has 2 amide bonds. The van der Waals surface area contributed by atoms with Crippen molar-refractivity contribution in [3.63, 3.8) is 0 Å². The molecule has 0 aliphatic carbocycles. The highest BCUT2D eigenvalue weighted by atomic mass is 32.1. The molecule has 7 heteroatoms. The molecule has 1 fully saturated rings. The Morgan fingerprint density at radius 2 is 2.35 bits per heavy atom. The summed E-state index contributed by atoms with van der Waals surface area (Å²) in [6.45, 7) is 5.40. The Hall–Kier alpha value is -1.44. The number of aliphatic hydroxyl groups is 1. The molecule has 1 aliphatic rings. The molecule has 5 nitrogen and oxygen atoms in total. The van der Waals surface area contributed by atoms with E-state index >= 15 is 0 Å². The summed E-state index contributed by atoms with van der Waals surface area (Å²) < 4.78 is 0. The van der Waals surface area contributed by atoms with E-state index in [1.54, 1.807) is 16.2 Å². The molecule has 124 valence electrons. The van der Waals surface area contributed by atoms with Crippen LogP contribution in [0.2, 0.25) is 0 Å². The number of aromatic nitrogens is 1. The van der Waals surface area contributed by atoms with Crippen LogP contribution in [0.5, 0.6) is 0 Å². The Kier molecular flexibility index (Phi) is 4.99. The molecule has 23 heavy (non-hydrogen) atoms. The molecule has 0 aromatic carbocycles. The van der Waals surface area contributed by atoms with E-state index in [1.165, 1.54) is 16.9 Å². The number of hydrogen-bond acceptors (Lipinski definition) is 5. The zero-order chi connectivity index (χ0) is 16.4. The number of thiazole rings is 1. The molecule has 0 unspecified atom stereocenters. The van der Waals surface area contributed by atoms with Crippen molar-refractivity contribution in [3.05, 3.63) is 33.0 Å². The molecule has 2 aromatic rings. The predicted octanol–water partition coefficient (Wildman–Crippen LogP) is 3.32. The minimum absolute atomic E-state index is 0.0968. The average Bonchev–Trinajstić information content (AvgIpc) is 3.25. The molecule has 1 aliphatic heterocycles. The fourth-order valence-electron chi connectivity index (χ4n) is 3.07. The van der Waals surface area contributed by atoms with Gasteiger partial charge in [-0.2, -0.15) is 11.3 Å². The number of nitrogens with zero attached hydrogens (tertiary/aromatic N) is 2. The number of urea groups is 1. The first kappa shape index (κ1) is 16.4. The zero-order valence-electron chi connectivity index (χ0n) is 13.3. The maximum atomic E-state index is 12.5. The van der Waals surface area contributed by atoms with Crippen LogP contribution in [-0.2, 0) is 6.42 Å². The predicted molar refractivity (Wildman–Crippen MR) is 94.5 cm³/mol.